The fourth-order valence-corrected chi connectivity index (χ4v) is 14.8. The molecule has 0 radical (unpaired) electrons. The van der Waals surface area contributed by atoms with E-state index in [1.165, 1.54) is 26.3 Å². The quantitative estimate of drug-likeness (QED) is 0.00968. The topological polar surface area (TPSA) is 326 Å². The number of benzene rings is 2. The Bertz CT molecular complexity index is 3380. The molecule has 11 atom stereocenters. The zero-order valence-electron chi connectivity index (χ0n) is 59.3. The van der Waals surface area contributed by atoms with Gasteiger partial charge in [-0.05, 0) is 132 Å². The Balaban J connectivity index is 0.960. The highest BCUT2D eigenvalue weighted by molar-refractivity contribution is 7.10. The van der Waals surface area contributed by atoms with Crippen molar-refractivity contribution in [1.82, 2.24) is 56.8 Å². The number of nitrogens with one attached hydrogen (secondary N) is 6. The smallest absolute Gasteiger partial charge is 0.328 e. The third-order valence-electron chi connectivity index (χ3n) is 19.1. The van der Waals surface area contributed by atoms with Gasteiger partial charge < -0.3 is 50.4 Å². The normalized spacial score (nSPS) is 18.2. The minimum Gasteiger partial charge on any atom is -0.481 e. The summed E-state index contributed by atoms with van der Waals surface area (Å²) in [4.78, 5) is 149. The van der Waals surface area contributed by atoms with Crippen molar-refractivity contribution >= 4 is 82.0 Å². The van der Waals surface area contributed by atoms with Gasteiger partial charge in [0.05, 0.1) is 19.1 Å². The van der Waals surface area contributed by atoms with Crippen molar-refractivity contribution in [2.75, 3.05) is 41.8 Å². The summed E-state index contributed by atoms with van der Waals surface area (Å²) in [5.41, 5.74) is 8.51. The molecule has 4 aromatic rings. The van der Waals surface area contributed by atoms with Gasteiger partial charge in [-0.1, -0.05) is 95.6 Å². The molecule has 542 valence electrons. The first-order valence-corrected chi connectivity index (χ1v) is 36.5. The van der Waals surface area contributed by atoms with E-state index < -0.39 is 96.1 Å². The molecule has 1 saturated heterocycles. The number of thiazole rings is 2. The van der Waals surface area contributed by atoms with E-state index in [1.807, 2.05) is 101 Å². The number of piperidine rings is 1. The lowest BCUT2D eigenvalue weighted by Gasteiger charge is -2.40. The largest absolute Gasteiger partial charge is 0.481 e. The second-order valence-electron chi connectivity index (χ2n) is 27.5. The number of carbonyl (C=O) groups excluding carboxylic acids is 9. The van der Waals surface area contributed by atoms with Crippen molar-refractivity contribution in [3.8, 4) is 0 Å². The van der Waals surface area contributed by atoms with E-state index in [0.29, 0.717) is 29.3 Å². The monoisotopic (exact) mass is 1410 g/mol. The Kier molecular flexibility index (Phi) is 29.9. The van der Waals surface area contributed by atoms with Crippen molar-refractivity contribution < 1.29 is 67.3 Å². The number of aliphatic carboxylic acids is 1. The van der Waals surface area contributed by atoms with Crippen LogP contribution in [0.2, 0.25) is 0 Å². The van der Waals surface area contributed by atoms with E-state index in [9.17, 15) is 53.1 Å². The number of aromatic nitrogens is 2. The maximum atomic E-state index is 14.8. The van der Waals surface area contributed by atoms with Crippen LogP contribution in [0.3, 0.4) is 0 Å². The van der Waals surface area contributed by atoms with Gasteiger partial charge in [0.15, 0.2) is 12.2 Å². The number of carbonyl (C=O) groups is 10. The number of likely N-dealkylation sites (N-methyl/N-ethyl adjacent to an activating group) is 3. The molecule has 99 heavy (non-hydrogen) atoms. The number of nitrogens with zero attached hydrogens (tertiary/aromatic N) is 5. The van der Waals surface area contributed by atoms with Gasteiger partial charge in [-0.3, -0.25) is 53.5 Å². The third-order valence-corrected chi connectivity index (χ3v) is 21.0. The van der Waals surface area contributed by atoms with Gasteiger partial charge in [0.25, 0.3) is 11.8 Å². The van der Waals surface area contributed by atoms with Crippen molar-refractivity contribution in [2.24, 2.45) is 29.6 Å². The predicted octanol–water partition coefficient (Wildman–Crippen LogP) is 7.82. The summed E-state index contributed by atoms with van der Waals surface area (Å²) in [5.74, 6) is -5.93. The zero-order chi connectivity index (χ0) is 72.2. The minimum absolute atomic E-state index is 0.0200. The number of rotatable bonds is 39. The summed E-state index contributed by atoms with van der Waals surface area (Å²) in [6.07, 6.45) is 7.32. The summed E-state index contributed by atoms with van der Waals surface area (Å²) < 4.78 is 16.7. The van der Waals surface area contributed by atoms with Gasteiger partial charge in [-0.25, -0.2) is 20.2 Å². The maximum Gasteiger partial charge on any atom is 0.328 e. The second-order valence-corrected chi connectivity index (χ2v) is 29.3. The number of hydrogen-bond donors (Lipinski definition) is 7. The molecule has 25 nitrogen and oxygen atoms in total. The molecule has 7 rings (SSSR count). The van der Waals surface area contributed by atoms with Crippen LogP contribution in [0.15, 0.2) is 65.4 Å². The Morgan fingerprint density at radius 2 is 1.19 bits per heavy atom. The van der Waals surface area contributed by atoms with E-state index in [1.54, 1.807) is 36.2 Å². The number of hydrogen-bond acceptors (Lipinski definition) is 20. The number of carboxylic acid groups (broad SMARTS) is 1. The van der Waals surface area contributed by atoms with Gasteiger partial charge in [-0.15, -0.1) is 22.7 Å². The van der Waals surface area contributed by atoms with Crippen LogP contribution in [0.1, 0.15) is 204 Å². The summed E-state index contributed by atoms with van der Waals surface area (Å²) >= 11 is 2.26. The number of ether oxygens (including phenoxy) is 3. The molecule has 2 saturated carbocycles. The van der Waals surface area contributed by atoms with Crippen LogP contribution in [0.4, 0.5) is 0 Å². The molecule has 0 bridgehead atoms. The molecule has 7 N–H and O–H groups in total. The number of amides is 6. The van der Waals surface area contributed by atoms with Crippen LogP contribution in [0, 0.1) is 29.6 Å². The third kappa shape index (κ3) is 23.2. The molecule has 2 aromatic carbocycles. The lowest BCUT2D eigenvalue weighted by Crippen LogP contribution is -2.57. The number of hydrazine groups is 1. The fraction of sp³-hybridized carbons (Fsp3) is 0.611. The van der Waals surface area contributed by atoms with Crippen LogP contribution < -0.4 is 32.1 Å². The number of methoxy groups -OCH3 is 1. The van der Waals surface area contributed by atoms with Crippen LogP contribution in [-0.2, 0) is 65.4 Å². The van der Waals surface area contributed by atoms with Gasteiger partial charge in [0.2, 0.25) is 23.6 Å². The lowest BCUT2D eigenvalue weighted by atomic mass is 9.89. The summed E-state index contributed by atoms with van der Waals surface area (Å²) in [5, 5.41) is 25.8. The molecule has 0 spiro atoms. The standard InChI is InChI=1S/C72H103N11O14S2/c1-41(2)57(82(10)69(90)62(49-29-30-49)77-61(86)24-17-14-18-33-73-8)37-60(97-45(7)85)68-76-54(40-99-68)65(88)80-79-51(34-43(5)71(92)93)35-47-25-27-48(28-26-47)55-22-19-23-56(81(55)9)66(89)78-63(50-31-32-50)70(91)83(11)58(42(3)4)38-59(96-44(6)84)67-75-53(39-98-67)64(87)74-52(72(94)95-12)36-46-20-15-13-16-21-46/h13,15-16,20-21,25-28,39-43,49-52,55-60,62-63,73,79H,14,17-19,22-24,29-38H2,1-12H3,(H,74,87)(H,77,86)(H,78,89)(H,80,88)(H,92,93)/t43-,51+,52-,55?,56+,57+,58+,59+,60+,62-,63-/m0/s1. The average Bonchev–Trinajstić information content (AvgIpc) is 1.80. The molecule has 6 amide bonds. The van der Waals surface area contributed by atoms with Gasteiger partial charge in [0, 0.05) is 88.6 Å². The fourth-order valence-electron chi connectivity index (χ4n) is 13.1. The Morgan fingerprint density at radius 3 is 1.70 bits per heavy atom. The predicted molar refractivity (Wildman–Crippen MR) is 374 cm³/mol. The van der Waals surface area contributed by atoms with E-state index >= 15 is 0 Å². The van der Waals surface area contributed by atoms with Crippen molar-refractivity contribution in [1.29, 1.82) is 0 Å². The van der Waals surface area contributed by atoms with Crippen molar-refractivity contribution in [3.63, 3.8) is 0 Å². The van der Waals surface area contributed by atoms with Crippen LogP contribution in [-0.4, -0.2) is 173 Å². The number of carboxylic acids is 1. The molecule has 1 aliphatic heterocycles. The van der Waals surface area contributed by atoms with Gasteiger partial charge in [-0.2, -0.15) is 0 Å². The first-order chi connectivity index (χ1) is 47.2. The molecule has 2 aromatic heterocycles. The second kappa shape index (κ2) is 37.6. The first kappa shape index (κ1) is 78.6. The highest BCUT2D eigenvalue weighted by atomic mass is 32.1. The molecule has 2 aliphatic carbocycles. The number of esters is 3. The minimum atomic E-state index is -1.00. The highest BCUT2D eigenvalue weighted by Gasteiger charge is 2.45. The van der Waals surface area contributed by atoms with Crippen LogP contribution in [0.5, 0.6) is 0 Å². The van der Waals surface area contributed by atoms with E-state index in [4.69, 9.17) is 14.2 Å². The van der Waals surface area contributed by atoms with Crippen molar-refractivity contribution in [2.45, 2.75) is 212 Å². The number of likely N-dealkylation sites (tertiary alicyclic amines) is 1. The number of unbranched alkanes of at least 4 members (excludes halogenated alkanes) is 2. The highest BCUT2D eigenvalue weighted by Crippen LogP contribution is 2.39. The Labute approximate surface area is 589 Å². The van der Waals surface area contributed by atoms with E-state index in [2.05, 4.69) is 42.1 Å². The van der Waals surface area contributed by atoms with Crippen LogP contribution in [0.25, 0.3) is 0 Å². The van der Waals surface area contributed by atoms with E-state index in [0.717, 1.165) is 104 Å². The molecule has 3 aliphatic rings. The Morgan fingerprint density at radius 1 is 0.657 bits per heavy atom. The van der Waals surface area contributed by atoms with Gasteiger partial charge in [0.1, 0.15) is 39.5 Å². The molecular weight excluding hydrogens is 1310 g/mol. The zero-order valence-corrected chi connectivity index (χ0v) is 61.0. The van der Waals surface area contributed by atoms with Crippen LogP contribution >= 0.6 is 22.7 Å². The summed E-state index contributed by atoms with van der Waals surface area (Å²) in [6, 6.07) is 12.4. The van der Waals surface area contributed by atoms with Gasteiger partial charge >= 0.3 is 23.9 Å². The first-order valence-electron chi connectivity index (χ1n) is 34.7. The summed E-state index contributed by atoms with van der Waals surface area (Å²) in [6.45, 7) is 12.9. The maximum absolute atomic E-state index is 14.8. The molecular formula is C72H103N11O14S2. The lowest BCUT2D eigenvalue weighted by molar-refractivity contribution is -0.150. The summed E-state index contributed by atoms with van der Waals surface area (Å²) in [7, 11) is 8.45. The average molecular weight is 1410 g/mol. The molecule has 3 heterocycles. The van der Waals surface area contributed by atoms with Crippen molar-refractivity contribution in [3.05, 3.63) is 103 Å². The molecule has 27 heteroatoms. The molecule has 3 fully saturated rings. The van der Waals surface area contributed by atoms with E-state index in [-0.39, 0.29) is 90.4 Å². The SMILES string of the molecule is CNCCCCCC(=O)N[C@H](C(=O)N(C)[C@H](C[C@@H](OC(C)=O)c1nc(C(=O)NN[C@@H](Cc2ccc(C3CCC[C@H](C(=O)N[C@H](C(=O)N(C)[C@H](C[C@@H](OC(C)=O)c4nc(C(=O)N[C@@H](Cc5ccccc5)C(=O)OC)cs4)C(C)C)C4CC4)N3C)cc2)C[C@H](C)C(=O)O)cs1)C(C)C)C1CC1. The Hall–Kier alpha value is -7.72. The molecule has 1 unspecified atom stereocenters.